The van der Waals surface area contributed by atoms with Crippen LogP contribution in [0.25, 0.3) is 0 Å². The molecule has 0 amide bonds. The van der Waals surface area contributed by atoms with Gasteiger partial charge >= 0.3 is 0 Å². The van der Waals surface area contributed by atoms with E-state index in [1.165, 1.54) is 12.1 Å². The molecule has 1 aromatic carbocycles. The Morgan fingerprint density at radius 3 is 2.67 bits per heavy atom. The highest BCUT2D eigenvalue weighted by Crippen LogP contribution is 2.27. The first kappa shape index (κ1) is 15.2. The molecule has 0 spiro atoms. The van der Waals surface area contributed by atoms with Crippen LogP contribution < -0.4 is 10.1 Å². The number of rotatable bonds is 6. The van der Waals surface area contributed by atoms with Crippen molar-refractivity contribution in [3.8, 4) is 11.6 Å². The number of ether oxygens (including phenoxy) is 1. The Bertz CT molecular complexity index is 632. The zero-order valence-corrected chi connectivity index (χ0v) is 13.0. The van der Waals surface area contributed by atoms with Crippen molar-refractivity contribution in [2.75, 3.05) is 11.9 Å². The van der Waals surface area contributed by atoms with Crippen molar-refractivity contribution < 1.29 is 9.66 Å². The first-order chi connectivity index (χ1) is 10.1. The molecule has 1 heterocycles. The molecule has 1 aromatic heterocycles. The molecule has 0 unspecified atom stereocenters. The third kappa shape index (κ3) is 4.42. The topological polar surface area (TPSA) is 77.3 Å². The standard InChI is InChI=1S/C14H14BrN3O3/c1-2-7-16-13-8-11(18(19)20)9-14(17-13)21-12-5-3-10(15)4-6-12/h3-6,8-9H,2,7H2,1H3,(H,16,17). The molecule has 1 N–H and O–H groups in total. The third-order valence-corrected chi connectivity index (χ3v) is 3.12. The van der Waals surface area contributed by atoms with Gasteiger partial charge in [-0.1, -0.05) is 22.9 Å². The fourth-order valence-electron chi connectivity index (χ4n) is 1.62. The predicted octanol–water partition coefficient (Wildman–Crippen LogP) is 4.37. The monoisotopic (exact) mass is 351 g/mol. The van der Waals surface area contributed by atoms with Gasteiger partial charge in [0.15, 0.2) is 0 Å². The molecule has 0 atom stereocenters. The van der Waals surface area contributed by atoms with Crippen molar-refractivity contribution in [2.45, 2.75) is 13.3 Å². The number of aromatic nitrogens is 1. The first-order valence-electron chi connectivity index (χ1n) is 6.42. The lowest BCUT2D eigenvalue weighted by molar-refractivity contribution is -0.384. The summed E-state index contributed by atoms with van der Waals surface area (Å²) in [6.07, 6.45) is 0.896. The molecule has 110 valence electrons. The van der Waals surface area contributed by atoms with E-state index in [1.807, 2.05) is 19.1 Å². The van der Waals surface area contributed by atoms with E-state index in [9.17, 15) is 10.1 Å². The van der Waals surface area contributed by atoms with Crippen LogP contribution in [0.1, 0.15) is 13.3 Å². The van der Waals surface area contributed by atoms with Crippen molar-refractivity contribution >= 4 is 27.4 Å². The number of nitro groups is 1. The SMILES string of the molecule is CCCNc1cc([N+](=O)[O-])cc(Oc2ccc(Br)cc2)n1. The van der Waals surface area contributed by atoms with E-state index in [1.54, 1.807) is 12.1 Å². The quantitative estimate of drug-likeness (QED) is 0.617. The lowest BCUT2D eigenvalue weighted by Crippen LogP contribution is -2.03. The number of halogens is 1. The van der Waals surface area contributed by atoms with Gasteiger partial charge in [-0.2, -0.15) is 4.98 Å². The summed E-state index contributed by atoms with van der Waals surface area (Å²) in [5.41, 5.74) is -0.0595. The zero-order chi connectivity index (χ0) is 15.2. The Balaban J connectivity index is 2.26. The Morgan fingerprint density at radius 1 is 1.33 bits per heavy atom. The van der Waals surface area contributed by atoms with Gasteiger partial charge in [0, 0.05) is 11.0 Å². The summed E-state index contributed by atoms with van der Waals surface area (Å²) in [7, 11) is 0. The van der Waals surface area contributed by atoms with Crippen LogP contribution in [-0.4, -0.2) is 16.5 Å². The van der Waals surface area contributed by atoms with Crippen molar-refractivity contribution in [3.05, 3.63) is 51.0 Å². The molecule has 7 heteroatoms. The van der Waals surface area contributed by atoms with Gasteiger partial charge in [-0.25, -0.2) is 0 Å². The fourth-order valence-corrected chi connectivity index (χ4v) is 1.88. The number of anilines is 1. The second kappa shape index (κ2) is 7.03. The minimum Gasteiger partial charge on any atom is -0.439 e. The highest BCUT2D eigenvalue weighted by Gasteiger charge is 2.12. The minimum atomic E-state index is -0.465. The maximum atomic E-state index is 11.0. The van der Waals surface area contributed by atoms with E-state index >= 15 is 0 Å². The van der Waals surface area contributed by atoms with E-state index in [0.717, 1.165) is 10.9 Å². The summed E-state index contributed by atoms with van der Waals surface area (Å²) in [6, 6.07) is 9.85. The first-order valence-corrected chi connectivity index (χ1v) is 7.21. The van der Waals surface area contributed by atoms with Gasteiger partial charge in [0.1, 0.15) is 11.6 Å². The van der Waals surface area contributed by atoms with Crippen LogP contribution in [0.3, 0.4) is 0 Å². The molecule has 0 saturated heterocycles. The molecule has 2 aromatic rings. The lowest BCUT2D eigenvalue weighted by atomic mass is 10.3. The highest BCUT2D eigenvalue weighted by molar-refractivity contribution is 9.10. The molecule has 0 bridgehead atoms. The molecule has 0 aliphatic rings. The molecule has 0 saturated carbocycles. The van der Waals surface area contributed by atoms with E-state index in [0.29, 0.717) is 18.1 Å². The minimum absolute atomic E-state index is 0.0595. The van der Waals surface area contributed by atoms with Gasteiger partial charge in [-0.15, -0.1) is 0 Å². The number of hydrogen-bond acceptors (Lipinski definition) is 5. The normalized spacial score (nSPS) is 10.2. The van der Waals surface area contributed by atoms with E-state index in [-0.39, 0.29) is 11.6 Å². The van der Waals surface area contributed by atoms with Crippen LogP contribution in [-0.2, 0) is 0 Å². The van der Waals surface area contributed by atoms with Crippen LogP contribution in [0.4, 0.5) is 11.5 Å². The Kier molecular flexibility index (Phi) is 5.10. The number of pyridine rings is 1. The average molecular weight is 352 g/mol. The molecule has 2 rings (SSSR count). The Morgan fingerprint density at radius 2 is 2.05 bits per heavy atom. The van der Waals surface area contributed by atoms with E-state index in [2.05, 4.69) is 26.2 Å². The van der Waals surface area contributed by atoms with Gasteiger partial charge < -0.3 is 10.1 Å². The van der Waals surface area contributed by atoms with Crippen LogP contribution in [0.5, 0.6) is 11.6 Å². The van der Waals surface area contributed by atoms with Gasteiger partial charge in [-0.05, 0) is 30.7 Å². The number of nitrogens with one attached hydrogen (secondary N) is 1. The Hall–Kier alpha value is -2.15. The predicted molar refractivity (Wildman–Crippen MR) is 83.9 cm³/mol. The van der Waals surface area contributed by atoms with Crippen molar-refractivity contribution in [3.63, 3.8) is 0 Å². The van der Waals surface area contributed by atoms with E-state index in [4.69, 9.17) is 4.74 Å². The second-order valence-electron chi connectivity index (χ2n) is 4.29. The fraction of sp³-hybridized carbons (Fsp3) is 0.214. The molecule has 0 radical (unpaired) electrons. The van der Waals surface area contributed by atoms with Gasteiger partial charge in [-0.3, -0.25) is 10.1 Å². The average Bonchev–Trinajstić information content (AvgIpc) is 2.47. The molecule has 21 heavy (non-hydrogen) atoms. The number of nitrogens with zero attached hydrogens (tertiary/aromatic N) is 2. The largest absolute Gasteiger partial charge is 0.439 e. The maximum absolute atomic E-state index is 11.0. The van der Waals surface area contributed by atoms with Crippen molar-refractivity contribution in [1.82, 2.24) is 4.98 Å². The summed E-state index contributed by atoms with van der Waals surface area (Å²) in [4.78, 5) is 14.7. The molecular formula is C14H14BrN3O3. The van der Waals surface area contributed by atoms with Crippen LogP contribution in [0, 0.1) is 10.1 Å². The number of benzene rings is 1. The van der Waals surface area contributed by atoms with Crippen LogP contribution >= 0.6 is 15.9 Å². The summed E-state index contributed by atoms with van der Waals surface area (Å²) < 4.78 is 6.49. The molecular weight excluding hydrogens is 338 g/mol. The summed E-state index contributed by atoms with van der Waals surface area (Å²) in [6.45, 7) is 2.69. The molecule has 0 aliphatic carbocycles. The van der Waals surface area contributed by atoms with Crippen LogP contribution in [0.15, 0.2) is 40.9 Å². The van der Waals surface area contributed by atoms with Crippen molar-refractivity contribution in [2.24, 2.45) is 0 Å². The molecule has 6 nitrogen and oxygen atoms in total. The lowest BCUT2D eigenvalue weighted by Gasteiger charge is -2.08. The summed E-state index contributed by atoms with van der Waals surface area (Å²) in [5.74, 6) is 1.18. The van der Waals surface area contributed by atoms with Gasteiger partial charge in [0.05, 0.1) is 17.1 Å². The van der Waals surface area contributed by atoms with Gasteiger partial charge in [0.2, 0.25) is 5.88 Å². The second-order valence-corrected chi connectivity index (χ2v) is 5.20. The molecule has 0 aliphatic heterocycles. The van der Waals surface area contributed by atoms with Crippen LogP contribution in [0.2, 0.25) is 0 Å². The Labute approximate surface area is 130 Å². The van der Waals surface area contributed by atoms with Gasteiger partial charge in [0.25, 0.3) is 5.69 Å². The highest BCUT2D eigenvalue weighted by atomic mass is 79.9. The summed E-state index contributed by atoms with van der Waals surface area (Å²) in [5, 5.41) is 14.0. The smallest absolute Gasteiger partial charge is 0.278 e. The zero-order valence-electron chi connectivity index (χ0n) is 11.4. The molecule has 0 fully saturated rings. The van der Waals surface area contributed by atoms with E-state index < -0.39 is 4.92 Å². The summed E-state index contributed by atoms with van der Waals surface area (Å²) >= 11 is 3.33. The maximum Gasteiger partial charge on any atom is 0.278 e. The number of hydrogen-bond donors (Lipinski definition) is 1. The van der Waals surface area contributed by atoms with Crippen molar-refractivity contribution in [1.29, 1.82) is 0 Å². The third-order valence-electron chi connectivity index (χ3n) is 2.59.